The van der Waals surface area contributed by atoms with Crippen LogP contribution in [0.1, 0.15) is 19.3 Å². The van der Waals surface area contributed by atoms with E-state index in [0.717, 1.165) is 19.4 Å². The standard InChI is InChI=1S/C8H12O3/c9-8(10)3-6-1-5-2-7(6)11-4-5/h5-7H,1-4H2,(H,9,10). The third-order valence-corrected chi connectivity index (χ3v) is 2.71. The summed E-state index contributed by atoms with van der Waals surface area (Å²) in [6.07, 6.45) is 2.71. The Balaban J connectivity index is 1.92. The van der Waals surface area contributed by atoms with Gasteiger partial charge in [-0.05, 0) is 24.7 Å². The molecule has 0 radical (unpaired) electrons. The van der Waals surface area contributed by atoms with E-state index in [4.69, 9.17) is 9.84 Å². The van der Waals surface area contributed by atoms with E-state index in [2.05, 4.69) is 0 Å². The quantitative estimate of drug-likeness (QED) is 0.645. The Labute approximate surface area is 65.4 Å². The second kappa shape index (κ2) is 2.48. The van der Waals surface area contributed by atoms with Gasteiger partial charge >= 0.3 is 5.97 Å². The highest BCUT2D eigenvalue weighted by atomic mass is 16.5. The molecule has 3 nitrogen and oxygen atoms in total. The molecular formula is C8H12O3. The Morgan fingerprint density at radius 3 is 2.82 bits per heavy atom. The Bertz CT molecular complexity index is 178. The lowest BCUT2D eigenvalue weighted by molar-refractivity contribution is -0.139. The molecular weight excluding hydrogens is 144 g/mol. The first-order chi connectivity index (χ1) is 5.25. The molecule has 3 heteroatoms. The molecule has 2 bridgehead atoms. The first kappa shape index (κ1) is 7.10. The van der Waals surface area contributed by atoms with Crippen molar-refractivity contribution >= 4 is 5.97 Å². The van der Waals surface area contributed by atoms with Gasteiger partial charge in [0.05, 0.1) is 12.5 Å². The fourth-order valence-electron chi connectivity index (χ4n) is 2.24. The van der Waals surface area contributed by atoms with Crippen LogP contribution in [0.25, 0.3) is 0 Å². The molecule has 3 atom stereocenters. The summed E-state index contributed by atoms with van der Waals surface area (Å²) in [4.78, 5) is 10.4. The summed E-state index contributed by atoms with van der Waals surface area (Å²) in [6, 6.07) is 0. The third-order valence-electron chi connectivity index (χ3n) is 2.71. The Morgan fingerprint density at radius 1 is 1.55 bits per heavy atom. The molecule has 2 rings (SSSR count). The van der Waals surface area contributed by atoms with E-state index >= 15 is 0 Å². The summed E-state index contributed by atoms with van der Waals surface area (Å²) in [5, 5.41) is 8.55. The second-order valence-electron chi connectivity index (χ2n) is 3.57. The summed E-state index contributed by atoms with van der Waals surface area (Å²) in [6.45, 7) is 0.862. The predicted molar refractivity (Wildman–Crippen MR) is 38.2 cm³/mol. The van der Waals surface area contributed by atoms with E-state index in [1.165, 1.54) is 0 Å². The Kier molecular flexibility index (Phi) is 1.60. The lowest BCUT2D eigenvalue weighted by Gasteiger charge is -2.19. The molecule has 0 aromatic carbocycles. The van der Waals surface area contributed by atoms with Gasteiger partial charge in [-0.1, -0.05) is 0 Å². The minimum Gasteiger partial charge on any atom is -0.481 e. The lowest BCUT2D eigenvalue weighted by Crippen LogP contribution is -2.22. The van der Waals surface area contributed by atoms with Crippen molar-refractivity contribution in [3.05, 3.63) is 0 Å². The molecule has 1 saturated carbocycles. The summed E-state index contributed by atoms with van der Waals surface area (Å²) in [7, 11) is 0. The SMILES string of the molecule is O=C(O)CC1CC2COC1C2. The number of carboxylic acid groups (broad SMARTS) is 1. The highest BCUT2D eigenvalue weighted by Crippen LogP contribution is 2.41. The number of carbonyl (C=O) groups is 1. The average Bonchev–Trinajstić information content (AvgIpc) is 2.45. The largest absolute Gasteiger partial charge is 0.481 e. The highest BCUT2D eigenvalue weighted by molar-refractivity contribution is 5.67. The predicted octanol–water partition coefficient (Wildman–Crippen LogP) is 0.886. The highest BCUT2D eigenvalue weighted by Gasteiger charge is 2.41. The van der Waals surface area contributed by atoms with E-state index in [1.807, 2.05) is 0 Å². The molecule has 0 amide bonds. The van der Waals surface area contributed by atoms with Crippen molar-refractivity contribution in [3.8, 4) is 0 Å². The zero-order valence-corrected chi connectivity index (χ0v) is 6.32. The van der Waals surface area contributed by atoms with Gasteiger partial charge < -0.3 is 9.84 Å². The van der Waals surface area contributed by atoms with E-state index < -0.39 is 5.97 Å². The van der Waals surface area contributed by atoms with Crippen molar-refractivity contribution in [1.82, 2.24) is 0 Å². The maximum Gasteiger partial charge on any atom is 0.303 e. The number of fused-ring (bicyclic) bond motifs is 2. The van der Waals surface area contributed by atoms with Crippen LogP contribution in [0.2, 0.25) is 0 Å². The molecule has 1 heterocycles. The maximum atomic E-state index is 10.4. The molecule has 0 aromatic heterocycles. The van der Waals surface area contributed by atoms with Gasteiger partial charge in [-0.25, -0.2) is 0 Å². The Hall–Kier alpha value is -0.570. The van der Waals surface area contributed by atoms with Crippen LogP contribution in [0.3, 0.4) is 0 Å². The van der Waals surface area contributed by atoms with Gasteiger partial charge in [-0.3, -0.25) is 4.79 Å². The average molecular weight is 156 g/mol. The van der Waals surface area contributed by atoms with Crippen LogP contribution in [0, 0.1) is 11.8 Å². The van der Waals surface area contributed by atoms with Gasteiger partial charge in [-0.2, -0.15) is 0 Å². The van der Waals surface area contributed by atoms with Crippen LogP contribution in [-0.4, -0.2) is 23.8 Å². The van der Waals surface area contributed by atoms with Gasteiger partial charge in [0, 0.05) is 6.61 Å². The molecule has 0 aromatic rings. The topological polar surface area (TPSA) is 46.5 Å². The molecule has 1 aliphatic carbocycles. The van der Waals surface area contributed by atoms with Crippen LogP contribution in [0.4, 0.5) is 0 Å². The first-order valence-corrected chi connectivity index (χ1v) is 4.09. The fraction of sp³-hybridized carbons (Fsp3) is 0.875. The maximum absolute atomic E-state index is 10.4. The summed E-state index contributed by atoms with van der Waals surface area (Å²) >= 11 is 0. The number of hydrogen-bond donors (Lipinski definition) is 1. The molecule has 11 heavy (non-hydrogen) atoms. The van der Waals surface area contributed by atoms with Crippen LogP contribution in [0.15, 0.2) is 0 Å². The van der Waals surface area contributed by atoms with Crippen LogP contribution >= 0.6 is 0 Å². The second-order valence-corrected chi connectivity index (χ2v) is 3.57. The summed E-state index contributed by atoms with van der Waals surface area (Å²) < 4.78 is 5.40. The van der Waals surface area contributed by atoms with Crippen molar-refractivity contribution in [2.24, 2.45) is 11.8 Å². The minimum absolute atomic E-state index is 0.260. The van der Waals surface area contributed by atoms with E-state index in [0.29, 0.717) is 18.3 Å². The van der Waals surface area contributed by atoms with Crippen molar-refractivity contribution in [2.75, 3.05) is 6.61 Å². The molecule has 3 unspecified atom stereocenters. The molecule has 0 spiro atoms. The van der Waals surface area contributed by atoms with Crippen molar-refractivity contribution in [1.29, 1.82) is 0 Å². The zero-order valence-electron chi connectivity index (χ0n) is 6.32. The number of carboxylic acids is 1. The van der Waals surface area contributed by atoms with Gasteiger partial charge in [0.15, 0.2) is 0 Å². The molecule has 1 aliphatic heterocycles. The van der Waals surface area contributed by atoms with E-state index in [9.17, 15) is 4.79 Å². The molecule has 62 valence electrons. The first-order valence-electron chi connectivity index (χ1n) is 4.09. The lowest BCUT2D eigenvalue weighted by atomic mass is 9.99. The molecule has 2 aliphatic rings. The monoisotopic (exact) mass is 156 g/mol. The minimum atomic E-state index is -0.689. The van der Waals surface area contributed by atoms with Gasteiger partial charge in [0.25, 0.3) is 0 Å². The van der Waals surface area contributed by atoms with Gasteiger partial charge in [-0.15, -0.1) is 0 Å². The van der Waals surface area contributed by atoms with Crippen LogP contribution in [-0.2, 0) is 9.53 Å². The van der Waals surface area contributed by atoms with Crippen molar-refractivity contribution < 1.29 is 14.6 Å². The zero-order chi connectivity index (χ0) is 7.84. The number of rotatable bonds is 2. The van der Waals surface area contributed by atoms with E-state index in [1.54, 1.807) is 0 Å². The van der Waals surface area contributed by atoms with Crippen molar-refractivity contribution in [2.45, 2.75) is 25.4 Å². The Morgan fingerprint density at radius 2 is 2.36 bits per heavy atom. The van der Waals surface area contributed by atoms with Crippen LogP contribution in [0.5, 0.6) is 0 Å². The third kappa shape index (κ3) is 1.25. The number of aliphatic carboxylic acids is 1. The van der Waals surface area contributed by atoms with Crippen LogP contribution < -0.4 is 0 Å². The molecule has 2 fully saturated rings. The van der Waals surface area contributed by atoms with Gasteiger partial charge in [0.2, 0.25) is 0 Å². The molecule has 1 N–H and O–H groups in total. The smallest absolute Gasteiger partial charge is 0.303 e. The summed E-state index contributed by atoms with van der Waals surface area (Å²) in [5.74, 6) is 0.266. The van der Waals surface area contributed by atoms with E-state index in [-0.39, 0.29) is 6.10 Å². The van der Waals surface area contributed by atoms with Gasteiger partial charge in [0.1, 0.15) is 0 Å². The number of hydrogen-bond acceptors (Lipinski definition) is 2. The van der Waals surface area contributed by atoms with Crippen molar-refractivity contribution in [3.63, 3.8) is 0 Å². The normalized spacial score (nSPS) is 41.3. The fourth-order valence-corrected chi connectivity index (χ4v) is 2.24. The number of ether oxygens (including phenoxy) is 1. The summed E-state index contributed by atoms with van der Waals surface area (Å²) in [5.41, 5.74) is 0. The molecule has 1 saturated heterocycles.